The first-order valence-electron chi connectivity index (χ1n) is 12.4. The van der Waals surface area contributed by atoms with Crippen LogP contribution in [0.4, 0.5) is 18.9 Å². The van der Waals surface area contributed by atoms with E-state index in [4.69, 9.17) is 0 Å². The fourth-order valence-corrected chi connectivity index (χ4v) is 5.66. The molecule has 0 radical (unpaired) electrons. The van der Waals surface area contributed by atoms with E-state index < -0.39 is 11.7 Å². The van der Waals surface area contributed by atoms with Gasteiger partial charge in [-0.3, -0.25) is 9.80 Å². The quantitative estimate of drug-likeness (QED) is 0.432. The lowest BCUT2D eigenvalue weighted by atomic mass is 9.75. The molecule has 2 aliphatic rings. The highest BCUT2D eigenvalue weighted by Gasteiger charge is 2.40. The van der Waals surface area contributed by atoms with Crippen LogP contribution in [0.15, 0.2) is 47.6 Å². The number of hydrogen-bond acceptors (Lipinski definition) is 3. The largest absolute Gasteiger partial charge is 0.416 e. The molecular formula is C28H34F3N3O. The van der Waals surface area contributed by atoms with Crippen LogP contribution in [0, 0.1) is 5.41 Å². The topological polar surface area (TPSA) is 35.9 Å². The van der Waals surface area contributed by atoms with Gasteiger partial charge in [-0.25, -0.2) is 0 Å². The summed E-state index contributed by atoms with van der Waals surface area (Å²) in [6.45, 7) is 6.65. The van der Waals surface area contributed by atoms with E-state index >= 15 is 0 Å². The lowest BCUT2D eigenvalue weighted by Gasteiger charge is -2.34. The van der Waals surface area contributed by atoms with Gasteiger partial charge in [0.15, 0.2) is 0 Å². The first kappa shape index (κ1) is 25.3. The van der Waals surface area contributed by atoms with Gasteiger partial charge in [0, 0.05) is 30.6 Å². The van der Waals surface area contributed by atoms with Gasteiger partial charge in [-0.1, -0.05) is 45.4 Å². The highest BCUT2D eigenvalue weighted by molar-refractivity contribution is 6.10. The smallest absolute Gasteiger partial charge is 0.304 e. The molecule has 2 heterocycles. The van der Waals surface area contributed by atoms with Crippen LogP contribution < -0.4 is 4.90 Å². The van der Waals surface area contributed by atoms with Gasteiger partial charge in [0.25, 0.3) is 5.91 Å². The van der Waals surface area contributed by atoms with E-state index in [9.17, 15) is 18.0 Å². The van der Waals surface area contributed by atoms with Crippen LogP contribution in [-0.2, 0) is 12.7 Å². The van der Waals surface area contributed by atoms with Crippen molar-refractivity contribution in [1.29, 1.82) is 0 Å². The molecule has 0 N–H and O–H groups in total. The second-order valence-corrected chi connectivity index (χ2v) is 10.4. The van der Waals surface area contributed by atoms with Crippen LogP contribution in [-0.4, -0.2) is 30.2 Å². The van der Waals surface area contributed by atoms with Crippen molar-refractivity contribution >= 4 is 17.8 Å². The lowest BCUT2D eigenvalue weighted by molar-refractivity contribution is -0.138. The number of fused-ring (bicyclic) bond motifs is 1. The van der Waals surface area contributed by atoms with Crippen molar-refractivity contribution in [3.8, 4) is 0 Å². The van der Waals surface area contributed by atoms with E-state index in [1.54, 1.807) is 6.07 Å². The number of alkyl halides is 3. The van der Waals surface area contributed by atoms with Gasteiger partial charge >= 0.3 is 6.18 Å². The summed E-state index contributed by atoms with van der Waals surface area (Å²) >= 11 is 0. The van der Waals surface area contributed by atoms with Crippen LogP contribution in [0.25, 0.3) is 0 Å². The highest BCUT2D eigenvalue weighted by atomic mass is 19.4. The Hall–Kier alpha value is -2.83. The van der Waals surface area contributed by atoms with Crippen molar-refractivity contribution in [2.24, 2.45) is 10.5 Å². The monoisotopic (exact) mass is 485 g/mol. The van der Waals surface area contributed by atoms with E-state index in [-0.39, 0.29) is 41.0 Å². The Morgan fingerprint density at radius 1 is 1.20 bits per heavy atom. The van der Waals surface area contributed by atoms with Crippen molar-refractivity contribution in [2.45, 2.75) is 77.6 Å². The minimum Gasteiger partial charge on any atom is -0.304 e. The molecule has 1 amide bonds. The number of halogens is 3. The Labute approximate surface area is 205 Å². The zero-order chi connectivity index (χ0) is 25.4. The third-order valence-electron chi connectivity index (χ3n) is 7.61. The molecule has 0 saturated carbocycles. The number of amides is 1. The normalized spacial score (nSPS) is 23.4. The number of rotatable bonds is 6. The summed E-state index contributed by atoms with van der Waals surface area (Å²) < 4.78 is 40.5. The minimum absolute atomic E-state index is 0.0524. The molecule has 2 aromatic carbocycles. The van der Waals surface area contributed by atoms with Crippen molar-refractivity contribution in [2.75, 3.05) is 11.9 Å². The number of hydrazone groups is 1. The maximum Gasteiger partial charge on any atom is 0.416 e. The zero-order valence-corrected chi connectivity index (χ0v) is 20.9. The number of carbonyl (C=O) groups is 1. The van der Waals surface area contributed by atoms with E-state index in [1.807, 2.05) is 31.5 Å². The molecule has 7 heteroatoms. The standard InChI is InChI=1S/C28H34F3N3O/c1-5-12-27(3)13-14-32-33(4)22(17-27)15-19(2)20-8-6-9-21(16-20)34-18-24-23(26(34)35)10-7-11-25(24)28(29,30)31/h6-11,14,16,19,22H,5,12-13,15,17-18H2,1-4H3/t19-,22?,27?/m1/s1. The van der Waals surface area contributed by atoms with Crippen molar-refractivity contribution < 1.29 is 18.0 Å². The summed E-state index contributed by atoms with van der Waals surface area (Å²) in [5.41, 5.74) is 1.37. The summed E-state index contributed by atoms with van der Waals surface area (Å²) in [7, 11) is 2.03. The number of anilines is 1. The first-order valence-corrected chi connectivity index (χ1v) is 12.4. The fraction of sp³-hybridized carbons (Fsp3) is 0.500. The third kappa shape index (κ3) is 5.24. The molecule has 2 aliphatic heterocycles. The van der Waals surface area contributed by atoms with E-state index in [0.29, 0.717) is 5.69 Å². The Balaban J connectivity index is 1.54. The second-order valence-electron chi connectivity index (χ2n) is 10.4. The Bertz CT molecular complexity index is 1110. The van der Waals surface area contributed by atoms with E-state index in [0.717, 1.165) is 43.7 Å². The average molecular weight is 486 g/mol. The Morgan fingerprint density at radius 3 is 2.66 bits per heavy atom. The predicted molar refractivity (Wildman–Crippen MR) is 134 cm³/mol. The van der Waals surface area contributed by atoms with Gasteiger partial charge in [0.1, 0.15) is 0 Å². The number of hydrogen-bond donors (Lipinski definition) is 0. The molecule has 0 fully saturated rings. The molecule has 35 heavy (non-hydrogen) atoms. The van der Waals surface area contributed by atoms with Crippen LogP contribution in [0.3, 0.4) is 0 Å². The van der Waals surface area contributed by atoms with Gasteiger partial charge in [0.05, 0.1) is 12.1 Å². The molecule has 3 atom stereocenters. The van der Waals surface area contributed by atoms with Gasteiger partial charge < -0.3 is 4.90 Å². The van der Waals surface area contributed by atoms with E-state index in [1.165, 1.54) is 17.0 Å². The van der Waals surface area contributed by atoms with Crippen molar-refractivity contribution in [3.05, 3.63) is 64.7 Å². The summed E-state index contributed by atoms with van der Waals surface area (Å²) in [4.78, 5) is 14.5. The van der Waals surface area contributed by atoms with E-state index in [2.05, 4.69) is 30.9 Å². The minimum atomic E-state index is -4.49. The summed E-state index contributed by atoms with van der Waals surface area (Å²) in [6.07, 6.45) is 2.78. The highest BCUT2D eigenvalue weighted by Crippen LogP contribution is 2.40. The number of nitrogens with zero attached hydrogens (tertiary/aromatic N) is 3. The SMILES string of the molecule is CCCC1(C)CC=NN(C)C(C[C@@H](C)c2cccc(N3Cc4c(cccc4C(F)(F)F)C3=O)c2)C1. The molecule has 2 aromatic rings. The van der Waals surface area contributed by atoms with Gasteiger partial charge in [0.2, 0.25) is 0 Å². The lowest BCUT2D eigenvalue weighted by Crippen LogP contribution is -2.32. The maximum atomic E-state index is 13.5. The summed E-state index contributed by atoms with van der Waals surface area (Å²) in [5, 5.41) is 6.70. The predicted octanol–water partition coefficient (Wildman–Crippen LogP) is 7.25. The summed E-state index contributed by atoms with van der Waals surface area (Å²) in [6, 6.07) is 11.8. The summed E-state index contributed by atoms with van der Waals surface area (Å²) in [5.74, 6) is -0.184. The van der Waals surface area contributed by atoms with Crippen LogP contribution >= 0.6 is 0 Å². The Morgan fingerprint density at radius 2 is 1.94 bits per heavy atom. The molecule has 0 aromatic heterocycles. The number of carbonyl (C=O) groups excluding carboxylic acids is 1. The van der Waals surface area contributed by atoms with Gasteiger partial charge in [-0.05, 0) is 72.4 Å². The molecule has 0 spiro atoms. The molecular weight excluding hydrogens is 451 g/mol. The van der Waals surface area contributed by atoms with Gasteiger partial charge in [-0.15, -0.1) is 0 Å². The van der Waals surface area contributed by atoms with Crippen LogP contribution in [0.5, 0.6) is 0 Å². The van der Waals surface area contributed by atoms with Crippen molar-refractivity contribution in [1.82, 2.24) is 5.01 Å². The number of benzene rings is 2. The van der Waals surface area contributed by atoms with Crippen molar-refractivity contribution in [3.63, 3.8) is 0 Å². The first-order chi connectivity index (χ1) is 16.5. The van der Waals surface area contributed by atoms with Crippen LogP contribution in [0.1, 0.15) is 85.8 Å². The fourth-order valence-electron chi connectivity index (χ4n) is 5.66. The molecule has 188 valence electrons. The molecule has 4 nitrogen and oxygen atoms in total. The Kier molecular flexibility index (Phi) is 6.98. The molecule has 4 rings (SSSR count). The molecule has 2 unspecified atom stereocenters. The molecule has 0 saturated heterocycles. The zero-order valence-electron chi connectivity index (χ0n) is 20.9. The van der Waals surface area contributed by atoms with Crippen LogP contribution in [0.2, 0.25) is 0 Å². The molecule has 0 aliphatic carbocycles. The third-order valence-corrected chi connectivity index (χ3v) is 7.61. The van der Waals surface area contributed by atoms with Gasteiger partial charge in [-0.2, -0.15) is 18.3 Å². The average Bonchev–Trinajstić information content (AvgIpc) is 3.07. The maximum absolute atomic E-state index is 13.5. The molecule has 0 bridgehead atoms. The second kappa shape index (κ2) is 9.67.